The maximum atomic E-state index is 5.89. The van der Waals surface area contributed by atoms with Gasteiger partial charge in [0, 0.05) is 25.5 Å². The van der Waals surface area contributed by atoms with Gasteiger partial charge < -0.3 is 10.1 Å². The van der Waals surface area contributed by atoms with E-state index in [0.29, 0.717) is 6.10 Å². The zero-order valence-corrected chi connectivity index (χ0v) is 11.3. The molecular formula is C15H24N2O. The van der Waals surface area contributed by atoms with Gasteiger partial charge in [0.15, 0.2) is 0 Å². The quantitative estimate of drug-likeness (QED) is 0.786. The second-order valence-electron chi connectivity index (χ2n) is 5.29. The van der Waals surface area contributed by atoms with Gasteiger partial charge in [0.05, 0.1) is 12.7 Å². The van der Waals surface area contributed by atoms with E-state index in [9.17, 15) is 0 Å². The molecule has 0 saturated heterocycles. The van der Waals surface area contributed by atoms with Crippen LogP contribution in [-0.2, 0) is 11.3 Å². The first-order chi connectivity index (χ1) is 8.84. The number of ether oxygens (including phenoxy) is 1. The molecule has 0 bridgehead atoms. The van der Waals surface area contributed by atoms with Crippen molar-refractivity contribution in [1.82, 2.24) is 10.3 Å². The normalized spacial score (nSPS) is 24.1. The van der Waals surface area contributed by atoms with E-state index in [2.05, 4.69) is 23.3 Å². The third-order valence-corrected chi connectivity index (χ3v) is 3.65. The van der Waals surface area contributed by atoms with Gasteiger partial charge >= 0.3 is 0 Å². The van der Waals surface area contributed by atoms with E-state index in [-0.39, 0.29) is 0 Å². The summed E-state index contributed by atoms with van der Waals surface area (Å²) in [6, 6.07) is 4.06. The lowest BCUT2D eigenvalue weighted by molar-refractivity contribution is 0.0215. The Kier molecular flexibility index (Phi) is 5.62. The number of rotatable bonds is 6. The molecule has 1 aliphatic rings. The lowest BCUT2D eigenvalue weighted by atomic mass is 9.89. The zero-order valence-electron chi connectivity index (χ0n) is 11.3. The molecule has 1 aromatic rings. The zero-order chi connectivity index (χ0) is 12.6. The summed E-state index contributed by atoms with van der Waals surface area (Å²) in [5, 5.41) is 3.39. The van der Waals surface area contributed by atoms with Crippen LogP contribution in [-0.4, -0.2) is 24.2 Å². The van der Waals surface area contributed by atoms with Crippen molar-refractivity contribution in [2.24, 2.45) is 5.92 Å². The summed E-state index contributed by atoms with van der Waals surface area (Å²) in [6.07, 6.45) is 9.34. The van der Waals surface area contributed by atoms with Gasteiger partial charge in [0.2, 0.25) is 0 Å². The molecule has 1 fully saturated rings. The van der Waals surface area contributed by atoms with Crippen LogP contribution < -0.4 is 5.32 Å². The molecule has 0 unspecified atom stereocenters. The molecule has 0 aliphatic heterocycles. The summed E-state index contributed by atoms with van der Waals surface area (Å²) in [5.74, 6) is 0.897. The molecule has 1 N–H and O–H groups in total. The Morgan fingerprint density at radius 3 is 2.89 bits per heavy atom. The van der Waals surface area contributed by atoms with Crippen LogP contribution in [0.4, 0.5) is 0 Å². The maximum absolute atomic E-state index is 5.89. The van der Waals surface area contributed by atoms with Crippen molar-refractivity contribution in [2.45, 2.75) is 45.3 Å². The van der Waals surface area contributed by atoms with E-state index in [0.717, 1.165) is 25.6 Å². The molecule has 3 nitrogen and oxygen atoms in total. The molecule has 18 heavy (non-hydrogen) atoms. The van der Waals surface area contributed by atoms with Crippen LogP contribution in [0.15, 0.2) is 24.5 Å². The smallest absolute Gasteiger partial charge is 0.0594 e. The van der Waals surface area contributed by atoms with Crippen LogP contribution >= 0.6 is 0 Å². The lowest BCUT2D eigenvalue weighted by Crippen LogP contribution is -2.25. The summed E-state index contributed by atoms with van der Waals surface area (Å²) >= 11 is 0. The van der Waals surface area contributed by atoms with Crippen molar-refractivity contribution in [3.05, 3.63) is 30.1 Å². The largest absolute Gasteiger partial charge is 0.377 e. The number of hydrogen-bond donors (Lipinski definition) is 1. The van der Waals surface area contributed by atoms with Crippen molar-refractivity contribution < 1.29 is 4.74 Å². The predicted octanol–water partition coefficient (Wildman–Crippen LogP) is 2.77. The number of nitrogens with zero attached hydrogens (tertiary/aromatic N) is 1. The first-order valence-corrected chi connectivity index (χ1v) is 7.06. The molecule has 0 amide bonds. The fourth-order valence-corrected chi connectivity index (χ4v) is 2.43. The van der Waals surface area contributed by atoms with Crippen LogP contribution in [0.3, 0.4) is 0 Å². The third kappa shape index (κ3) is 4.75. The topological polar surface area (TPSA) is 34.1 Å². The maximum Gasteiger partial charge on any atom is 0.0594 e. The Hall–Kier alpha value is -0.930. The Bertz CT molecular complexity index is 321. The van der Waals surface area contributed by atoms with Gasteiger partial charge in [-0.2, -0.15) is 0 Å². The second-order valence-corrected chi connectivity index (χ2v) is 5.29. The Balaban J connectivity index is 1.51. The van der Waals surface area contributed by atoms with Crippen LogP contribution in [0.2, 0.25) is 0 Å². The number of pyridine rings is 1. The van der Waals surface area contributed by atoms with Crippen molar-refractivity contribution in [3.63, 3.8) is 0 Å². The minimum atomic E-state index is 0.501. The third-order valence-electron chi connectivity index (χ3n) is 3.65. The van der Waals surface area contributed by atoms with Crippen molar-refractivity contribution in [3.8, 4) is 0 Å². The molecule has 1 heterocycles. The molecule has 0 radical (unpaired) electrons. The molecule has 100 valence electrons. The number of aromatic nitrogens is 1. The van der Waals surface area contributed by atoms with Gasteiger partial charge in [-0.1, -0.05) is 13.0 Å². The summed E-state index contributed by atoms with van der Waals surface area (Å²) < 4.78 is 5.89. The Morgan fingerprint density at radius 1 is 1.33 bits per heavy atom. The van der Waals surface area contributed by atoms with Crippen molar-refractivity contribution >= 4 is 0 Å². The molecule has 1 aliphatic carbocycles. The van der Waals surface area contributed by atoms with Gasteiger partial charge in [0.25, 0.3) is 0 Å². The van der Waals surface area contributed by atoms with E-state index >= 15 is 0 Å². The van der Waals surface area contributed by atoms with E-state index < -0.39 is 0 Å². The first kappa shape index (κ1) is 13.5. The molecule has 3 heteroatoms. The van der Waals surface area contributed by atoms with Crippen LogP contribution in [0.1, 0.15) is 38.2 Å². The molecule has 0 spiro atoms. The van der Waals surface area contributed by atoms with E-state index in [1.807, 2.05) is 12.3 Å². The highest BCUT2D eigenvalue weighted by Crippen LogP contribution is 2.25. The molecule has 1 aromatic heterocycles. The molecule has 1 saturated carbocycles. The minimum absolute atomic E-state index is 0.501. The van der Waals surface area contributed by atoms with Crippen LogP contribution in [0.25, 0.3) is 0 Å². The summed E-state index contributed by atoms with van der Waals surface area (Å²) in [7, 11) is 0. The van der Waals surface area contributed by atoms with E-state index in [1.165, 1.54) is 31.2 Å². The fourth-order valence-electron chi connectivity index (χ4n) is 2.43. The first-order valence-electron chi connectivity index (χ1n) is 7.06. The van der Waals surface area contributed by atoms with Gasteiger partial charge in [-0.15, -0.1) is 0 Å². The minimum Gasteiger partial charge on any atom is -0.377 e. The van der Waals surface area contributed by atoms with Crippen molar-refractivity contribution in [1.29, 1.82) is 0 Å². The number of hydrogen-bond acceptors (Lipinski definition) is 3. The fraction of sp³-hybridized carbons (Fsp3) is 0.667. The van der Waals surface area contributed by atoms with Crippen LogP contribution in [0, 0.1) is 5.92 Å². The van der Waals surface area contributed by atoms with Gasteiger partial charge in [-0.25, -0.2) is 0 Å². The second kappa shape index (κ2) is 7.49. The molecule has 0 atom stereocenters. The van der Waals surface area contributed by atoms with Crippen LogP contribution in [0.5, 0.6) is 0 Å². The van der Waals surface area contributed by atoms with Gasteiger partial charge in [-0.3, -0.25) is 4.98 Å². The summed E-state index contributed by atoms with van der Waals surface area (Å²) in [6.45, 7) is 4.95. The summed E-state index contributed by atoms with van der Waals surface area (Å²) in [4.78, 5) is 4.09. The SMILES string of the molecule is CC1CCC(OCCNCc2cccnc2)CC1. The average Bonchev–Trinajstić information content (AvgIpc) is 2.42. The Labute approximate surface area is 110 Å². The summed E-state index contributed by atoms with van der Waals surface area (Å²) in [5.41, 5.74) is 1.23. The van der Waals surface area contributed by atoms with Gasteiger partial charge in [-0.05, 0) is 43.2 Å². The van der Waals surface area contributed by atoms with E-state index in [1.54, 1.807) is 6.20 Å². The monoisotopic (exact) mass is 248 g/mol. The molecule has 2 rings (SSSR count). The highest BCUT2D eigenvalue weighted by Gasteiger charge is 2.17. The molecular weight excluding hydrogens is 224 g/mol. The number of nitrogens with one attached hydrogen (secondary N) is 1. The highest BCUT2D eigenvalue weighted by molar-refractivity contribution is 5.07. The van der Waals surface area contributed by atoms with E-state index in [4.69, 9.17) is 4.74 Å². The standard InChI is InChI=1S/C15H24N2O/c1-13-4-6-15(7-5-13)18-10-9-17-12-14-3-2-8-16-11-14/h2-3,8,11,13,15,17H,4-7,9-10,12H2,1H3. The lowest BCUT2D eigenvalue weighted by Gasteiger charge is -2.26. The predicted molar refractivity (Wildman–Crippen MR) is 73.3 cm³/mol. The van der Waals surface area contributed by atoms with Crippen molar-refractivity contribution in [2.75, 3.05) is 13.2 Å². The average molecular weight is 248 g/mol. The Morgan fingerprint density at radius 2 is 2.17 bits per heavy atom. The molecule has 0 aromatic carbocycles. The van der Waals surface area contributed by atoms with Gasteiger partial charge in [0.1, 0.15) is 0 Å². The highest BCUT2D eigenvalue weighted by atomic mass is 16.5.